The van der Waals surface area contributed by atoms with Gasteiger partial charge < -0.3 is 4.18 Å². The van der Waals surface area contributed by atoms with E-state index in [2.05, 4.69) is 0 Å². The molecule has 0 aliphatic carbocycles. The maximum Gasteiger partial charge on any atom is 0.384 e. The zero-order valence-electron chi connectivity index (χ0n) is 7.77. The predicted octanol–water partition coefficient (Wildman–Crippen LogP) is 1.53. The molecule has 6 heteroatoms. The van der Waals surface area contributed by atoms with Gasteiger partial charge in [0.25, 0.3) is 0 Å². The summed E-state index contributed by atoms with van der Waals surface area (Å²) in [5.74, 6) is 0.128. The predicted molar refractivity (Wildman–Crippen MR) is 54.7 cm³/mol. The van der Waals surface area contributed by atoms with Gasteiger partial charge >= 0.3 is 10.3 Å². The second kappa shape index (κ2) is 4.16. The van der Waals surface area contributed by atoms with Crippen LogP contribution in [-0.2, 0) is 10.3 Å². The first-order valence-electron chi connectivity index (χ1n) is 3.80. The summed E-state index contributed by atoms with van der Waals surface area (Å²) in [6.45, 7) is 0. The summed E-state index contributed by atoms with van der Waals surface area (Å²) < 4.78 is 28.3. The van der Waals surface area contributed by atoms with Crippen LogP contribution in [0.5, 0.6) is 5.75 Å². The van der Waals surface area contributed by atoms with Crippen LogP contribution in [0.2, 0.25) is 5.02 Å². The fraction of sp³-hybridized carbons (Fsp3) is 0.250. The van der Waals surface area contributed by atoms with Crippen LogP contribution < -0.4 is 4.18 Å². The standard InChI is InChI=1S/C8H10ClNO3S/c1-10(2)14(11,12)13-8-6-4-3-5-7(8)9/h3-6H,1-2H3. The smallest absolute Gasteiger partial charge is 0.369 e. The van der Waals surface area contributed by atoms with Crippen LogP contribution in [-0.4, -0.2) is 26.8 Å². The topological polar surface area (TPSA) is 46.6 Å². The second-order valence-corrected chi connectivity index (χ2v) is 4.91. The molecule has 0 bridgehead atoms. The Morgan fingerprint density at radius 3 is 2.36 bits per heavy atom. The van der Waals surface area contributed by atoms with Crippen molar-refractivity contribution in [3.8, 4) is 5.75 Å². The van der Waals surface area contributed by atoms with Crippen molar-refractivity contribution in [1.82, 2.24) is 4.31 Å². The highest BCUT2D eigenvalue weighted by Crippen LogP contribution is 2.24. The molecule has 1 aromatic carbocycles. The van der Waals surface area contributed by atoms with E-state index in [4.69, 9.17) is 15.8 Å². The number of rotatable bonds is 3. The van der Waals surface area contributed by atoms with E-state index in [1.165, 1.54) is 20.2 Å². The summed E-state index contributed by atoms with van der Waals surface area (Å²) in [5.41, 5.74) is 0. The maximum absolute atomic E-state index is 11.3. The largest absolute Gasteiger partial charge is 0.384 e. The average Bonchev–Trinajstić information content (AvgIpc) is 2.08. The molecule has 0 saturated carbocycles. The number of hydrogen-bond donors (Lipinski definition) is 0. The Morgan fingerprint density at radius 2 is 1.86 bits per heavy atom. The van der Waals surface area contributed by atoms with Gasteiger partial charge in [-0.2, -0.15) is 12.7 Å². The number of nitrogens with zero attached hydrogens (tertiary/aromatic N) is 1. The molecule has 1 aromatic rings. The highest BCUT2D eigenvalue weighted by Gasteiger charge is 2.16. The fourth-order valence-electron chi connectivity index (χ4n) is 0.700. The van der Waals surface area contributed by atoms with Crippen molar-refractivity contribution >= 4 is 21.9 Å². The van der Waals surface area contributed by atoms with Crippen LogP contribution in [0.15, 0.2) is 24.3 Å². The first kappa shape index (κ1) is 11.3. The van der Waals surface area contributed by atoms with E-state index in [1.54, 1.807) is 18.2 Å². The molecule has 0 amide bonds. The molecule has 4 nitrogen and oxygen atoms in total. The van der Waals surface area contributed by atoms with Gasteiger partial charge in [-0.3, -0.25) is 0 Å². The van der Waals surface area contributed by atoms with Crippen molar-refractivity contribution in [1.29, 1.82) is 0 Å². The molecule has 0 aliphatic rings. The Balaban J connectivity index is 2.96. The second-order valence-electron chi connectivity index (χ2n) is 2.75. The lowest BCUT2D eigenvalue weighted by atomic mass is 10.3. The van der Waals surface area contributed by atoms with Crippen molar-refractivity contribution in [2.75, 3.05) is 14.1 Å². The maximum atomic E-state index is 11.3. The quantitative estimate of drug-likeness (QED) is 0.798. The van der Waals surface area contributed by atoms with Gasteiger partial charge in [0.2, 0.25) is 0 Å². The third-order valence-electron chi connectivity index (χ3n) is 1.48. The molecule has 0 atom stereocenters. The van der Waals surface area contributed by atoms with E-state index >= 15 is 0 Å². The lowest BCUT2D eigenvalue weighted by Gasteiger charge is -2.12. The van der Waals surface area contributed by atoms with Gasteiger partial charge in [-0.15, -0.1) is 0 Å². The Kier molecular flexibility index (Phi) is 3.36. The summed E-state index contributed by atoms with van der Waals surface area (Å²) in [4.78, 5) is 0. The molecular weight excluding hydrogens is 226 g/mol. The highest BCUT2D eigenvalue weighted by molar-refractivity contribution is 7.84. The van der Waals surface area contributed by atoms with Gasteiger partial charge in [0.1, 0.15) is 0 Å². The van der Waals surface area contributed by atoms with Crippen LogP contribution in [0.4, 0.5) is 0 Å². The third kappa shape index (κ3) is 2.60. The Labute approximate surface area is 88.3 Å². The molecule has 0 N–H and O–H groups in total. The monoisotopic (exact) mass is 235 g/mol. The number of hydrogen-bond acceptors (Lipinski definition) is 3. The zero-order chi connectivity index (χ0) is 10.8. The summed E-state index contributed by atoms with van der Waals surface area (Å²) in [6, 6.07) is 6.38. The van der Waals surface area contributed by atoms with E-state index in [0.29, 0.717) is 0 Å². The minimum absolute atomic E-state index is 0.128. The van der Waals surface area contributed by atoms with Gasteiger partial charge in [0.05, 0.1) is 5.02 Å². The van der Waals surface area contributed by atoms with Crippen molar-refractivity contribution in [2.45, 2.75) is 0 Å². The fourth-order valence-corrected chi connectivity index (χ4v) is 1.44. The van der Waals surface area contributed by atoms with E-state index in [9.17, 15) is 8.42 Å². The summed E-state index contributed by atoms with van der Waals surface area (Å²) in [5, 5.41) is 0.262. The molecule has 1 rings (SSSR count). The molecule has 0 spiro atoms. The van der Waals surface area contributed by atoms with Gasteiger partial charge in [-0.25, -0.2) is 0 Å². The minimum Gasteiger partial charge on any atom is -0.369 e. The molecule has 0 unspecified atom stereocenters. The number of benzene rings is 1. The lowest BCUT2D eigenvalue weighted by Crippen LogP contribution is -2.27. The molecule has 0 radical (unpaired) electrons. The number of para-hydroxylation sites is 1. The van der Waals surface area contributed by atoms with Gasteiger partial charge in [-0.1, -0.05) is 23.7 Å². The zero-order valence-corrected chi connectivity index (χ0v) is 9.34. The molecule has 0 aliphatic heterocycles. The van der Waals surface area contributed by atoms with Crippen LogP contribution in [0, 0.1) is 0 Å². The van der Waals surface area contributed by atoms with Crippen molar-refractivity contribution in [3.63, 3.8) is 0 Å². The van der Waals surface area contributed by atoms with Gasteiger partial charge in [-0.05, 0) is 12.1 Å². The first-order chi connectivity index (χ1) is 6.43. The summed E-state index contributed by atoms with van der Waals surface area (Å²) >= 11 is 5.73. The third-order valence-corrected chi connectivity index (χ3v) is 3.08. The van der Waals surface area contributed by atoms with Crippen molar-refractivity contribution < 1.29 is 12.6 Å². The van der Waals surface area contributed by atoms with Crippen LogP contribution >= 0.6 is 11.6 Å². The van der Waals surface area contributed by atoms with Crippen LogP contribution in [0.3, 0.4) is 0 Å². The molecule has 14 heavy (non-hydrogen) atoms. The first-order valence-corrected chi connectivity index (χ1v) is 5.54. The summed E-state index contributed by atoms with van der Waals surface area (Å²) in [6.07, 6.45) is 0. The molecule has 0 aromatic heterocycles. The van der Waals surface area contributed by atoms with E-state index in [0.717, 1.165) is 4.31 Å². The van der Waals surface area contributed by atoms with Crippen LogP contribution in [0.1, 0.15) is 0 Å². The molecule has 0 heterocycles. The SMILES string of the molecule is CN(C)S(=O)(=O)Oc1ccccc1Cl. The highest BCUT2D eigenvalue weighted by atomic mass is 35.5. The Bertz CT molecular complexity index is 416. The molecular formula is C8H10ClNO3S. The lowest BCUT2D eigenvalue weighted by molar-refractivity contribution is 0.421. The molecule has 78 valence electrons. The Hall–Kier alpha value is -0.780. The van der Waals surface area contributed by atoms with E-state index in [1.807, 2.05) is 0 Å². The Morgan fingerprint density at radius 1 is 1.29 bits per heavy atom. The van der Waals surface area contributed by atoms with E-state index in [-0.39, 0.29) is 10.8 Å². The van der Waals surface area contributed by atoms with Crippen molar-refractivity contribution in [3.05, 3.63) is 29.3 Å². The number of halogens is 1. The van der Waals surface area contributed by atoms with Crippen LogP contribution in [0.25, 0.3) is 0 Å². The average molecular weight is 236 g/mol. The molecule has 0 saturated heterocycles. The molecule has 0 fully saturated rings. The van der Waals surface area contributed by atoms with Gasteiger partial charge in [0.15, 0.2) is 5.75 Å². The summed E-state index contributed by atoms with van der Waals surface area (Å²) in [7, 11) is -0.963. The normalized spacial score (nSPS) is 11.7. The van der Waals surface area contributed by atoms with Gasteiger partial charge in [0, 0.05) is 14.1 Å². The van der Waals surface area contributed by atoms with E-state index < -0.39 is 10.3 Å². The van der Waals surface area contributed by atoms with Crippen molar-refractivity contribution in [2.24, 2.45) is 0 Å². The minimum atomic E-state index is -3.72.